The standard InChI is InChI=1S/C16H19N3O2.C2H4O2/c17-11-5-10(6-11)14-7-18-15-2-1-9(4-13(14)15)3-12-8-21-16(20)19-12;1-2(3)4/h1-2,4,7,10-12,18H,3,5-6,8,17H2,(H,19,20);1H3,(H,3,4)/t10-,11-,12-;/m0./s1. The summed E-state index contributed by atoms with van der Waals surface area (Å²) < 4.78 is 4.94. The second-order valence-electron chi connectivity index (χ2n) is 6.72. The Labute approximate surface area is 145 Å². The number of carbonyl (C=O) groups is 2. The van der Waals surface area contributed by atoms with E-state index in [1.165, 1.54) is 22.0 Å². The van der Waals surface area contributed by atoms with Gasteiger partial charge in [0, 0.05) is 30.1 Å². The van der Waals surface area contributed by atoms with Crippen LogP contribution in [0.2, 0.25) is 0 Å². The van der Waals surface area contributed by atoms with Crippen molar-refractivity contribution in [2.24, 2.45) is 5.73 Å². The first-order chi connectivity index (χ1) is 11.9. The molecule has 0 unspecified atom stereocenters. The van der Waals surface area contributed by atoms with E-state index >= 15 is 0 Å². The van der Waals surface area contributed by atoms with Gasteiger partial charge in [0.1, 0.15) is 6.61 Å². The Morgan fingerprint density at radius 1 is 1.40 bits per heavy atom. The zero-order valence-electron chi connectivity index (χ0n) is 14.1. The smallest absolute Gasteiger partial charge is 0.407 e. The minimum absolute atomic E-state index is 0.0782. The molecule has 1 amide bonds. The number of aromatic nitrogens is 1. The van der Waals surface area contributed by atoms with Gasteiger partial charge in [-0.05, 0) is 48.4 Å². The van der Waals surface area contributed by atoms with Gasteiger partial charge in [0.05, 0.1) is 6.04 Å². The number of H-pyrrole nitrogens is 1. The Morgan fingerprint density at radius 2 is 2.12 bits per heavy atom. The van der Waals surface area contributed by atoms with Crippen molar-refractivity contribution >= 4 is 23.0 Å². The zero-order valence-corrected chi connectivity index (χ0v) is 14.1. The zero-order chi connectivity index (χ0) is 18.0. The number of benzene rings is 1. The summed E-state index contributed by atoms with van der Waals surface area (Å²) in [6, 6.07) is 6.89. The molecule has 4 rings (SSSR count). The van der Waals surface area contributed by atoms with E-state index in [1.54, 1.807) is 0 Å². The molecule has 25 heavy (non-hydrogen) atoms. The quantitative estimate of drug-likeness (QED) is 0.680. The lowest BCUT2D eigenvalue weighted by Gasteiger charge is -2.32. The molecular weight excluding hydrogens is 322 g/mol. The molecule has 5 N–H and O–H groups in total. The highest BCUT2D eigenvalue weighted by molar-refractivity contribution is 5.84. The third kappa shape index (κ3) is 4.11. The summed E-state index contributed by atoms with van der Waals surface area (Å²) in [6.45, 7) is 1.54. The van der Waals surface area contributed by atoms with E-state index in [0.29, 0.717) is 18.6 Å². The minimum Gasteiger partial charge on any atom is -0.481 e. The van der Waals surface area contributed by atoms with Gasteiger partial charge in [-0.3, -0.25) is 4.79 Å². The number of aliphatic carboxylic acids is 1. The summed E-state index contributed by atoms with van der Waals surface area (Å²) in [5, 5.41) is 11.5. The molecule has 2 aliphatic rings. The molecule has 1 aromatic heterocycles. The fraction of sp³-hybridized carbons (Fsp3) is 0.444. The molecule has 0 radical (unpaired) electrons. The summed E-state index contributed by atoms with van der Waals surface area (Å²) in [5.74, 6) is -0.251. The van der Waals surface area contributed by atoms with Crippen molar-refractivity contribution in [2.45, 2.75) is 44.2 Å². The molecule has 7 heteroatoms. The molecule has 1 saturated carbocycles. The van der Waals surface area contributed by atoms with Crippen LogP contribution in [-0.4, -0.2) is 40.8 Å². The minimum atomic E-state index is -0.833. The van der Waals surface area contributed by atoms with Gasteiger partial charge in [0.15, 0.2) is 0 Å². The van der Waals surface area contributed by atoms with Gasteiger partial charge in [0.2, 0.25) is 0 Å². The van der Waals surface area contributed by atoms with Crippen LogP contribution < -0.4 is 11.1 Å². The van der Waals surface area contributed by atoms with Crippen LogP contribution in [-0.2, 0) is 16.0 Å². The number of cyclic esters (lactones) is 1. The fourth-order valence-electron chi connectivity index (χ4n) is 3.39. The third-order valence-electron chi connectivity index (χ3n) is 4.61. The SMILES string of the molecule is CC(=O)O.N[C@H]1C[C@H](c2c[nH]c3ccc(C[C@H]4COC(=O)N4)cc32)C1. The first-order valence-corrected chi connectivity index (χ1v) is 8.40. The lowest BCUT2D eigenvalue weighted by molar-refractivity contribution is -0.134. The second kappa shape index (κ2) is 7.14. The lowest BCUT2D eigenvalue weighted by Crippen LogP contribution is -2.34. The molecule has 1 aliphatic carbocycles. The first-order valence-electron chi connectivity index (χ1n) is 8.40. The number of rotatable bonds is 3. The number of hydrogen-bond acceptors (Lipinski definition) is 4. The van der Waals surface area contributed by atoms with Crippen LogP contribution in [0, 0.1) is 0 Å². The summed E-state index contributed by atoms with van der Waals surface area (Å²) in [6.07, 6.45) is 4.75. The maximum Gasteiger partial charge on any atom is 0.407 e. The Morgan fingerprint density at radius 3 is 2.72 bits per heavy atom. The van der Waals surface area contributed by atoms with Gasteiger partial charge in [-0.15, -0.1) is 0 Å². The van der Waals surface area contributed by atoms with E-state index in [-0.39, 0.29) is 12.1 Å². The molecule has 1 saturated heterocycles. The van der Waals surface area contributed by atoms with E-state index in [2.05, 4.69) is 34.7 Å². The van der Waals surface area contributed by atoms with E-state index in [4.69, 9.17) is 20.4 Å². The number of nitrogens with one attached hydrogen (secondary N) is 2. The predicted molar refractivity (Wildman–Crippen MR) is 93.5 cm³/mol. The second-order valence-corrected chi connectivity index (χ2v) is 6.72. The maximum absolute atomic E-state index is 11.1. The van der Waals surface area contributed by atoms with E-state index in [0.717, 1.165) is 26.2 Å². The van der Waals surface area contributed by atoms with Gasteiger partial charge in [-0.2, -0.15) is 0 Å². The molecule has 2 heterocycles. The van der Waals surface area contributed by atoms with Gasteiger partial charge >= 0.3 is 6.09 Å². The third-order valence-corrected chi connectivity index (χ3v) is 4.61. The molecule has 2 aromatic rings. The molecule has 0 spiro atoms. The number of amides is 1. The maximum atomic E-state index is 11.1. The van der Waals surface area contributed by atoms with Crippen LogP contribution in [0.1, 0.15) is 36.8 Å². The van der Waals surface area contributed by atoms with E-state index in [9.17, 15) is 4.79 Å². The monoisotopic (exact) mass is 345 g/mol. The number of carboxylic acid groups (broad SMARTS) is 1. The Hall–Kier alpha value is -2.54. The van der Waals surface area contributed by atoms with Crippen LogP contribution in [0.15, 0.2) is 24.4 Å². The number of ether oxygens (including phenoxy) is 1. The average molecular weight is 345 g/mol. The number of hydrogen-bond donors (Lipinski definition) is 4. The largest absolute Gasteiger partial charge is 0.481 e. The number of aromatic amines is 1. The predicted octanol–water partition coefficient (Wildman–Crippen LogP) is 2.11. The normalized spacial score (nSPS) is 24.7. The number of nitrogens with two attached hydrogens (primary N) is 1. The molecular formula is C18H23N3O4. The van der Waals surface area contributed by atoms with Gasteiger partial charge in [-0.1, -0.05) is 6.07 Å². The summed E-state index contributed by atoms with van der Waals surface area (Å²) in [4.78, 5) is 23.4. The molecule has 1 atom stereocenters. The van der Waals surface area contributed by atoms with E-state index in [1.807, 2.05) is 0 Å². The van der Waals surface area contributed by atoms with Gasteiger partial charge in [0.25, 0.3) is 5.97 Å². The highest BCUT2D eigenvalue weighted by atomic mass is 16.6. The van der Waals surface area contributed by atoms with Crippen LogP contribution in [0.3, 0.4) is 0 Å². The molecule has 2 fully saturated rings. The highest BCUT2D eigenvalue weighted by Crippen LogP contribution is 2.39. The van der Waals surface area contributed by atoms with Crippen molar-refractivity contribution in [3.05, 3.63) is 35.5 Å². The molecule has 1 aromatic carbocycles. The van der Waals surface area contributed by atoms with Crippen LogP contribution in [0.25, 0.3) is 10.9 Å². The van der Waals surface area contributed by atoms with Crippen molar-refractivity contribution in [3.63, 3.8) is 0 Å². The first kappa shape index (κ1) is 17.3. The van der Waals surface area contributed by atoms with Crippen molar-refractivity contribution in [1.82, 2.24) is 10.3 Å². The Kier molecular flexibility index (Phi) is 4.94. The topological polar surface area (TPSA) is 117 Å². The Bertz CT molecular complexity index is 776. The highest BCUT2D eigenvalue weighted by Gasteiger charge is 2.29. The fourth-order valence-corrected chi connectivity index (χ4v) is 3.39. The molecule has 0 bridgehead atoms. The molecule has 1 aliphatic heterocycles. The summed E-state index contributed by atoms with van der Waals surface area (Å²) >= 11 is 0. The van der Waals surface area contributed by atoms with Crippen molar-refractivity contribution < 1.29 is 19.4 Å². The lowest BCUT2D eigenvalue weighted by atomic mass is 9.76. The van der Waals surface area contributed by atoms with Crippen molar-refractivity contribution in [2.75, 3.05) is 6.61 Å². The summed E-state index contributed by atoms with van der Waals surface area (Å²) in [5.41, 5.74) is 9.67. The number of alkyl carbamates (subject to hydrolysis) is 1. The van der Waals surface area contributed by atoms with Crippen molar-refractivity contribution in [3.8, 4) is 0 Å². The number of fused-ring (bicyclic) bond motifs is 1. The van der Waals surface area contributed by atoms with Crippen LogP contribution in [0.4, 0.5) is 4.79 Å². The van der Waals surface area contributed by atoms with Gasteiger partial charge in [-0.25, -0.2) is 4.79 Å². The summed E-state index contributed by atoms with van der Waals surface area (Å²) in [7, 11) is 0. The Balaban J connectivity index is 0.000000415. The van der Waals surface area contributed by atoms with Crippen LogP contribution >= 0.6 is 0 Å². The average Bonchev–Trinajstić information content (AvgIpc) is 3.09. The van der Waals surface area contributed by atoms with Crippen LogP contribution in [0.5, 0.6) is 0 Å². The number of carboxylic acids is 1. The molecule has 7 nitrogen and oxygen atoms in total. The van der Waals surface area contributed by atoms with E-state index < -0.39 is 5.97 Å². The molecule has 134 valence electrons. The number of carbonyl (C=O) groups excluding carboxylic acids is 1. The van der Waals surface area contributed by atoms with Gasteiger partial charge < -0.3 is 25.9 Å². The van der Waals surface area contributed by atoms with Crippen molar-refractivity contribution in [1.29, 1.82) is 0 Å².